The molecule has 0 bridgehead atoms. The fourth-order valence-corrected chi connectivity index (χ4v) is 2.63. The molecule has 3 rings (SSSR count). The first-order valence-corrected chi connectivity index (χ1v) is 7.24. The molecular formula is C17H13BrN2O. The number of fused-ring (bicyclic) bond motifs is 1. The molecule has 3 N–H and O–H groups in total. The SMILES string of the molecule is N=C(N)c1ccc(Oc2cccc(Br)c2)c2ccccc12. The van der Waals surface area contributed by atoms with Crippen LogP contribution in [0.2, 0.25) is 0 Å². The maximum absolute atomic E-state index is 7.67. The Hall–Kier alpha value is -2.33. The summed E-state index contributed by atoms with van der Waals surface area (Å²) in [6, 6.07) is 19.1. The second-order valence-corrected chi connectivity index (χ2v) is 5.55. The minimum Gasteiger partial charge on any atom is -0.457 e. The van der Waals surface area contributed by atoms with Crippen molar-refractivity contribution in [2.45, 2.75) is 0 Å². The van der Waals surface area contributed by atoms with Gasteiger partial charge in [0, 0.05) is 15.4 Å². The summed E-state index contributed by atoms with van der Waals surface area (Å²) < 4.78 is 6.93. The quantitative estimate of drug-likeness (QED) is 0.537. The molecule has 0 aliphatic rings. The van der Waals surface area contributed by atoms with E-state index in [4.69, 9.17) is 15.9 Å². The molecule has 0 saturated carbocycles. The van der Waals surface area contributed by atoms with Crippen LogP contribution in [0.25, 0.3) is 10.8 Å². The molecule has 0 heterocycles. The largest absolute Gasteiger partial charge is 0.457 e. The van der Waals surface area contributed by atoms with Gasteiger partial charge in [-0.2, -0.15) is 0 Å². The molecular weight excluding hydrogens is 328 g/mol. The Morgan fingerprint density at radius 3 is 2.43 bits per heavy atom. The maximum atomic E-state index is 7.67. The Labute approximate surface area is 131 Å². The van der Waals surface area contributed by atoms with Crippen LogP contribution >= 0.6 is 15.9 Å². The molecule has 0 atom stereocenters. The minimum absolute atomic E-state index is 0.0557. The van der Waals surface area contributed by atoms with Gasteiger partial charge in [0.15, 0.2) is 0 Å². The fourth-order valence-electron chi connectivity index (χ4n) is 2.25. The Balaban J connectivity index is 2.12. The molecule has 3 aromatic rings. The van der Waals surface area contributed by atoms with E-state index in [1.54, 1.807) is 0 Å². The molecule has 0 radical (unpaired) electrons. The van der Waals surface area contributed by atoms with Gasteiger partial charge in [-0.1, -0.05) is 46.3 Å². The van der Waals surface area contributed by atoms with Gasteiger partial charge in [-0.05, 0) is 35.7 Å². The summed E-state index contributed by atoms with van der Waals surface area (Å²) in [5.41, 5.74) is 6.35. The van der Waals surface area contributed by atoms with Gasteiger partial charge in [0.25, 0.3) is 0 Å². The number of nitrogens with one attached hydrogen (secondary N) is 1. The molecule has 0 unspecified atom stereocenters. The lowest BCUT2D eigenvalue weighted by Crippen LogP contribution is -2.11. The lowest BCUT2D eigenvalue weighted by Gasteiger charge is -2.12. The summed E-state index contributed by atoms with van der Waals surface area (Å²) in [6.45, 7) is 0. The summed E-state index contributed by atoms with van der Waals surface area (Å²) in [5, 5.41) is 9.52. The molecule has 0 aliphatic heterocycles. The fraction of sp³-hybridized carbons (Fsp3) is 0. The van der Waals surface area contributed by atoms with Crippen LogP contribution in [0.1, 0.15) is 5.56 Å². The van der Waals surface area contributed by atoms with Crippen molar-refractivity contribution < 1.29 is 4.74 Å². The zero-order chi connectivity index (χ0) is 14.8. The van der Waals surface area contributed by atoms with E-state index in [-0.39, 0.29) is 5.84 Å². The molecule has 3 nitrogen and oxygen atoms in total. The average molecular weight is 341 g/mol. The van der Waals surface area contributed by atoms with E-state index in [0.29, 0.717) is 5.56 Å². The highest BCUT2D eigenvalue weighted by Crippen LogP contribution is 2.32. The van der Waals surface area contributed by atoms with Crippen LogP contribution in [0, 0.1) is 5.41 Å². The van der Waals surface area contributed by atoms with E-state index >= 15 is 0 Å². The van der Waals surface area contributed by atoms with Crippen LogP contribution in [0.4, 0.5) is 0 Å². The van der Waals surface area contributed by atoms with Gasteiger partial charge >= 0.3 is 0 Å². The lowest BCUT2D eigenvalue weighted by molar-refractivity contribution is 0.488. The Kier molecular flexibility index (Phi) is 3.62. The minimum atomic E-state index is 0.0557. The van der Waals surface area contributed by atoms with Crippen molar-refractivity contribution in [3.8, 4) is 11.5 Å². The van der Waals surface area contributed by atoms with Crippen LogP contribution in [0.15, 0.2) is 65.1 Å². The van der Waals surface area contributed by atoms with E-state index in [0.717, 1.165) is 26.7 Å². The van der Waals surface area contributed by atoms with Gasteiger partial charge in [-0.25, -0.2) is 0 Å². The van der Waals surface area contributed by atoms with Crippen molar-refractivity contribution in [1.29, 1.82) is 5.41 Å². The van der Waals surface area contributed by atoms with Crippen LogP contribution < -0.4 is 10.5 Å². The van der Waals surface area contributed by atoms with E-state index < -0.39 is 0 Å². The zero-order valence-corrected chi connectivity index (χ0v) is 12.7. The van der Waals surface area contributed by atoms with E-state index in [1.807, 2.05) is 60.7 Å². The summed E-state index contributed by atoms with van der Waals surface area (Å²) in [4.78, 5) is 0. The van der Waals surface area contributed by atoms with Crippen LogP contribution in [-0.2, 0) is 0 Å². The Morgan fingerprint density at radius 1 is 0.952 bits per heavy atom. The summed E-state index contributed by atoms with van der Waals surface area (Å²) in [7, 11) is 0. The molecule has 0 saturated heterocycles. The van der Waals surface area contributed by atoms with Gasteiger partial charge in [0.05, 0.1) is 0 Å². The van der Waals surface area contributed by atoms with Gasteiger partial charge < -0.3 is 10.5 Å². The highest BCUT2D eigenvalue weighted by molar-refractivity contribution is 9.10. The van der Waals surface area contributed by atoms with E-state index in [1.165, 1.54) is 0 Å². The average Bonchev–Trinajstić information content (AvgIpc) is 2.47. The second kappa shape index (κ2) is 5.58. The number of amidine groups is 1. The predicted octanol–water partition coefficient (Wildman–Crippen LogP) is 4.68. The van der Waals surface area contributed by atoms with Crippen molar-refractivity contribution in [2.75, 3.05) is 0 Å². The number of benzene rings is 3. The number of hydrogen-bond acceptors (Lipinski definition) is 2. The predicted molar refractivity (Wildman–Crippen MR) is 89.2 cm³/mol. The highest BCUT2D eigenvalue weighted by atomic mass is 79.9. The smallest absolute Gasteiger partial charge is 0.135 e. The van der Waals surface area contributed by atoms with Crippen molar-refractivity contribution in [1.82, 2.24) is 0 Å². The molecule has 104 valence electrons. The molecule has 21 heavy (non-hydrogen) atoms. The first-order valence-electron chi connectivity index (χ1n) is 6.45. The first-order chi connectivity index (χ1) is 10.1. The van der Waals surface area contributed by atoms with Gasteiger partial charge in [-0.3, -0.25) is 5.41 Å². The van der Waals surface area contributed by atoms with E-state index in [2.05, 4.69) is 15.9 Å². The lowest BCUT2D eigenvalue weighted by atomic mass is 10.0. The zero-order valence-electron chi connectivity index (χ0n) is 11.1. The number of nitrogen functional groups attached to an aromatic ring is 1. The third kappa shape index (κ3) is 2.76. The van der Waals surface area contributed by atoms with Gasteiger partial charge in [0.2, 0.25) is 0 Å². The monoisotopic (exact) mass is 340 g/mol. The summed E-state index contributed by atoms with van der Waals surface area (Å²) in [5.74, 6) is 1.55. The van der Waals surface area contributed by atoms with Crippen molar-refractivity contribution >= 4 is 32.5 Å². The number of ether oxygens (including phenoxy) is 1. The normalized spacial score (nSPS) is 10.5. The standard InChI is InChI=1S/C17H13BrN2O/c18-11-4-3-5-12(10-11)21-16-9-8-15(17(19)20)13-6-1-2-7-14(13)16/h1-10H,(H3,19,20). The van der Waals surface area contributed by atoms with Crippen LogP contribution in [0.3, 0.4) is 0 Å². The molecule has 4 heteroatoms. The third-order valence-electron chi connectivity index (χ3n) is 3.20. The van der Waals surface area contributed by atoms with Crippen molar-refractivity contribution in [3.05, 3.63) is 70.7 Å². The van der Waals surface area contributed by atoms with Crippen LogP contribution in [-0.4, -0.2) is 5.84 Å². The molecule has 0 fully saturated rings. The van der Waals surface area contributed by atoms with Crippen molar-refractivity contribution in [3.63, 3.8) is 0 Å². The molecule has 0 spiro atoms. The Bertz CT molecular complexity index is 830. The van der Waals surface area contributed by atoms with Gasteiger partial charge in [0.1, 0.15) is 17.3 Å². The second-order valence-electron chi connectivity index (χ2n) is 4.63. The van der Waals surface area contributed by atoms with Gasteiger partial charge in [-0.15, -0.1) is 0 Å². The molecule has 0 amide bonds. The van der Waals surface area contributed by atoms with Crippen LogP contribution in [0.5, 0.6) is 11.5 Å². The van der Waals surface area contributed by atoms with E-state index in [9.17, 15) is 0 Å². The maximum Gasteiger partial charge on any atom is 0.135 e. The molecule has 0 aromatic heterocycles. The number of hydrogen-bond donors (Lipinski definition) is 2. The summed E-state index contributed by atoms with van der Waals surface area (Å²) in [6.07, 6.45) is 0. The summed E-state index contributed by atoms with van der Waals surface area (Å²) >= 11 is 3.43. The molecule has 0 aliphatic carbocycles. The number of nitrogens with two attached hydrogens (primary N) is 1. The molecule has 3 aromatic carbocycles. The number of halogens is 1. The van der Waals surface area contributed by atoms with Crippen molar-refractivity contribution in [2.24, 2.45) is 5.73 Å². The number of rotatable bonds is 3. The third-order valence-corrected chi connectivity index (χ3v) is 3.69. The Morgan fingerprint density at radius 2 is 1.71 bits per heavy atom. The first kappa shape index (κ1) is 13.6. The topological polar surface area (TPSA) is 59.1 Å². The highest BCUT2D eigenvalue weighted by Gasteiger charge is 2.09.